The van der Waals surface area contributed by atoms with Crippen molar-refractivity contribution in [2.24, 2.45) is 0 Å². The Morgan fingerprint density at radius 3 is 2.74 bits per heavy atom. The van der Waals surface area contributed by atoms with Gasteiger partial charge in [0.15, 0.2) is 0 Å². The third-order valence-electron chi connectivity index (χ3n) is 2.86. The molecule has 2 rings (SSSR count). The third kappa shape index (κ3) is 2.32. The molecule has 0 bridgehead atoms. The fourth-order valence-electron chi connectivity index (χ4n) is 1.75. The number of nitrogen functional groups attached to an aromatic ring is 1. The van der Waals surface area contributed by atoms with Gasteiger partial charge < -0.3 is 16.2 Å². The molecule has 0 radical (unpaired) electrons. The molecule has 2 heterocycles. The first-order valence-corrected chi connectivity index (χ1v) is 5.46. The summed E-state index contributed by atoms with van der Waals surface area (Å²) in [5.41, 5.74) is 5.71. The van der Waals surface area contributed by atoms with Crippen LogP contribution in [-0.4, -0.2) is 45.9 Å². The van der Waals surface area contributed by atoms with Gasteiger partial charge in [-0.15, -0.1) is 0 Å². The van der Waals surface area contributed by atoms with Crippen molar-refractivity contribution in [1.82, 2.24) is 9.88 Å². The minimum atomic E-state index is -1.14. The summed E-state index contributed by atoms with van der Waals surface area (Å²) in [6.45, 7) is 0. The van der Waals surface area contributed by atoms with Crippen LogP contribution >= 0.6 is 0 Å². The first-order chi connectivity index (χ1) is 8.90. The number of aromatic nitrogens is 1. The minimum Gasteiger partial charge on any atom is -0.478 e. The maximum atomic E-state index is 11.7. The Hall–Kier alpha value is -2.64. The number of carbonyl (C=O) groups excluding carboxylic acids is 2. The van der Waals surface area contributed by atoms with E-state index in [1.54, 1.807) is 0 Å². The van der Waals surface area contributed by atoms with Crippen LogP contribution in [0.25, 0.3) is 0 Å². The number of anilines is 2. The van der Waals surface area contributed by atoms with Crippen molar-refractivity contribution >= 4 is 29.3 Å². The van der Waals surface area contributed by atoms with E-state index in [1.165, 1.54) is 13.1 Å². The van der Waals surface area contributed by atoms with Crippen molar-refractivity contribution < 1.29 is 19.5 Å². The van der Waals surface area contributed by atoms with E-state index in [1.807, 2.05) is 0 Å². The largest absolute Gasteiger partial charge is 0.478 e. The van der Waals surface area contributed by atoms with Gasteiger partial charge in [-0.1, -0.05) is 0 Å². The lowest BCUT2D eigenvalue weighted by atomic mass is 10.2. The maximum Gasteiger partial charge on any atom is 0.337 e. The fourth-order valence-corrected chi connectivity index (χ4v) is 1.75. The van der Waals surface area contributed by atoms with E-state index in [2.05, 4.69) is 10.3 Å². The molecule has 0 aliphatic carbocycles. The summed E-state index contributed by atoms with van der Waals surface area (Å²) in [4.78, 5) is 38.6. The number of nitrogens with zero attached hydrogens (tertiary/aromatic N) is 2. The SMILES string of the molecule is CN1C(=O)CC(Nc2ncc(C(=O)O)cc2N)C1=O. The number of likely N-dealkylation sites (N-methyl/N-ethyl adjacent to an activating group) is 1. The number of hydrogen-bond donors (Lipinski definition) is 3. The van der Waals surface area contributed by atoms with E-state index in [0.717, 1.165) is 11.1 Å². The van der Waals surface area contributed by atoms with Crippen LogP contribution in [0.2, 0.25) is 0 Å². The van der Waals surface area contributed by atoms with Gasteiger partial charge in [0.25, 0.3) is 5.91 Å². The molecule has 0 spiro atoms. The lowest BCUT2D eigenvalue weighted by Crippen LogP contribution is -2.32. The zero-order valence-electron chi connectivity index (χ0n) is 10.1. The Bertz CT molecular complexity index is 572. The van der Waals surface area contributed by atoms with Crippen molar-refractivity contribution in [2.75, 3.05) is 18.1 Å². The lowest BCUT2D eigenvalue weighted by Gasteiger charge is -2.13. The number of carboxylic acid groups (broad SMARTS) is 1. The molecule has 1 atom stereocenters. The van der Waals surface area contributed by atoms with Gasteiger partial charge in [-0.2, -0.15) is 0 Å². The van der Waals surface area contributed by atoms with E-state index in [9.17, 15) is 14.4 Å². The summed E-state index contributed by atoms with van der Waals surface area (Å²) >= 11 is 0. The van der Waals surface area contributed by atoms with Crippen molar-refractivity contribution in [3.8, 4) is 0 Å². The average molecular weight is 264 g/mol. The summed E-state index contributed by atoms with van der Waals surface area (Å²) in [7, 11) is 1.40. The fraction of sp³-hybridized carbons (Fsp3) is 0.273. The van der Waals surface area contributed by atoms with Gasteiger partial charge in [0.1, 0.15) is 11.9 Å². The van der Waals surface area contributed by atoms with Crippen LogP contribution in [0.5, 0.6) is 0 Å². The maximum absolute atomic E-state index is 11.7. The molecule has 8 nitrogen and oxygen atoms in total. The molecule has 1 aliphatic heterocycles. The van der Waals surface area contributed by atoms with E-state index in [4.69, 9.17) is 10.8 Å². The Balaban J connectivity index is 2.19. The second kappa shape index (κ2) is 4.56. The van der Waals surface area contributed by atoms with E-state index >= 15 is 0 Å². The van der Waals surface area contributed by atoms with E-state index < -0.39 is 12.0 Å². The van der Waals surface area contributed by atoms with Crippen LogP contribution < -0.4 is 11.1 Å². The Morgan fingerprint density at radius 1 is 1.58 bits per heavy atom. The number of amides is 2. The van der Waals surface area contributed by atoms with Gasteiger partial charge in [-0.3, -0.25) is 14.5 Å². The molecule has 8 heteroatoms. The monoisotopic (exact) mass is 264 g/mol. The van der Waals surface area contributed by atoms with E-state index in [0.29, 0.717) is 0 Å². The summed E-state index contributed by atoms with van der Waals surface area (Å²) in [5.74, 6) is -1.61. The zero-order chi connectivity index (χ0) is 14.2. The number of rotatable bonds is 3. The molecule has 4 N–H and O–H groups in total. The number of carboxylic acids is 1. The smallest absolute Gasteiger partial charge is 0.337 e. The molecule has 0 saturated carbocycles. The second-order valence-corrected chi connectivity index (χ2v) is 4.16. The minimum absolute atomic E-state index is 0.0249. The number of hydrogen-bond acceptors (Lipinski definition) is 6. The average Bonchev–Trinajstić information content (AvgIpc) is 2.59. The van der Waals surface area contributed by atoms with Gasteiger partial charge >= 0.3 is 5.97 Å². The highest BCUT2D eigenvalue weighted by Crippen LogP contribution is 2.21. The standard InChI is InChI=1S/C11H12N4O4/c1-15-8(16)3-7(10(15)17)14-9-6(12)2-5(4-13-9)11(18)19/h2,4,7H,3,12H2,1H3,(H,13,14)(H,18,19). The highest BCUT2D eigenvalue weighted by Gasteiger charge is 2.36. The van der Waals surface area contributed by atoms with Crippen LogP contribution in [0.1, 0.15) is 16.8 Å². The Morgan fingerprint density at radius 2 is 2.26 bits per heavy atom. The number of pyridine rings is 1. The molecule has 1 aromatic rings. The molecule has 1 unspecified atom stereocenters. The summed E-state index contributed by atoms with van der Waals surface area (Å²) in [6.07, 6.45) is 1.16. The highest BCUT2D eigenvalue weighted by atomic mass is 16.4. The molecule has 1 aliphatic rings. The normalized spacial score (nSPS) is 18.8. The predicted molar refractivity (Wildman–Crippen MR) is 65.4 cm³/mol. The predicted octanol–water partition coefficient (Wildman–Crippen LogP) is -0.469. The molecule has 19 heavy (non-hydrogen) atoms. The number of nitrogens with two attached hydrogens (primary N) is 1. The summed E-state index contributed by atoms with van der Waals surface area (Å²) in [6, 6.07) is 0.519. The quantitative estimate of drug-likeness (QED) is 0.630. The molecule has 1 aromatic heterocycles. The van der Waals surface area contributed by atoms with Crippen molar-refractivity contribution in [3.63, 3.8) is 0 Å². The van der Waals surface area contributed by atoms with Gasteiger partial charge in [0.05, 0.1) is 17.7 Å². The first kappa shape index (κ1) is 12.8. The molecule has 1 fully saturated rings. The molecule has 0 aromatic carbocycles. The number of likely N-dealkylation sites (tertiary alicyclic amines) is 1. The van der Waals surface area contributed by atoms with Crippen LogP contribution in [0.4, 0.5) is 11.5 Å². The zero-order valence-corrected chi connectivity index (χ0v) is 10.1. The molecule has 2 amide bonds. The molecule has 1 saturated heterocycles. The number of aromatic carboxylic acids is 1. The second-order valence-electron chi connectivity index (χ2n) is 4.16. The highest BCUT2D eigenvalue weighted by molar-refractivity contribution is 6.06. The Kier molecular flexibility index (Phi) is 3.07. The molecular formula is C11H12N4O4. The van der Waals surface area contributed by atoms with Crippen LogP contribution in [0.3, 0.4) is 0 Å². The van der Waals surface area contributed by atoms with Crippen LogP contribution in [0, 0.1) is 0 Å². The molecule has 100 valence electrons. The number of carbonyl (C=O) groups is 3. The summed E-state index contributed by atoms with van der Waals surface area (Å²) in [5, 5.41) is 11.5. The Labute approximate surface area is 108 Å². The van der Waals surface area contributed by atoms with Crippen molar-refractivity contribution in [3.05, 3.63) is 17.8 Å². The number of imide groups is 1. The first-order valence-electron chi connectivity index (χ1n) is 5.46. The third-order valence-corrected chi connectivity index (χ3v) is 2.86. The molecular weight excluding hydrogens is 252 g/mol. The van der Waals surface area contributed by atoms with Crippen molar-refractivity contribution in [1.29, 1.82) is 0 Å². The van der Waals surface area contributed by atoms with Gasteiger partial charge in [0, 0.05) is 13.2 Å². The van der Waals surface area contributed by atoms with Gasteiger partial charge in [-0.25, -0.2) is 9.78 Å². The summed E-state index contributed by atoms with van der Waals surface area (Å²) < 4.78 is 0. The lowest BCUT2D eigenvalue weighted by molar-refractivity contribution is -0.136. The van der Waals surface area contributed by atoms with Crippen molar-refractivity contribution in [2.45, 2.75) is 12.5 Å². The number of nitrogens with one attached hydrogen (secondary N) is 1. The van der Waals surface area contributed by atoms with E-state index in [-0.39, 0.29) is 35.3 Å². The van der Waals surface area contributed by atoms with Crippen LogP contribution in [0.15, 0.2) is 12.3 Å². The van der Waals surface area contributed by atoms with Gasteiger partial charge in [-0.05, 0) is 6.07 Å². The topological polar surface area (TPSA) is 126 Å². The van der Waals surface area contributed by atoms with Crippen LogP contribution in [-0.2, 0) is 9.59 Å². The van der Waals surface area contributed by atoms with Gasteiger partial charge in [0.2, 0.25) is 5.91 Å².